The van der Waals surface area contributed by atoms with E-state index in [0.717, 1.165) is 16.6 Å². The largest absolute Gasteiger partial charge is 0.325 e. The lowest BCUT2D eigenvalue weighted by atomic mass is 9.99. The van der Waals surface area contributed by atoms with Crippen LogP contribution in [0.5, 0.6) is 0 Å². The number of aromatic nitrogens is 2. The summed E-state index contributed by atoms with van der Waals surface area (Å²) in [6.45, 7) is 3.11. The first-order valence-corrected chi connectivity index (χ1v) is 7.83. The minimum absolute atomic E-state index is 0.339. The van der Waals surface area contributed by atoms with Crippen LogP contribution in [0.15, 0.2) is 18.2 Å². The molecule has 1 atom stereocenters. The van der Waals surface area contributed by atoms with Gasteiger partial charge < -0.3 is 10.6 Å². The van der Waals surface area contributed by atoms with Gasteiger partial charge in [0.05, 0.1) is 17.4 Å². The predicted molar refractivity (Wildman–Crippen MR) is 85.0 cm³/mol. The monoisotopic (exact) mass is 333 g/mol. The maximum atomic E-state index is 12.3. The molecule has 1 aliphatic heterocycles. The molecule has 1 fully saturated rings. The minimum Gasteiger partial charge on any atom is -0.323 e. The number of anilines is 1. The van der Waals surface area contributed by atoms with Gasteiger partial charge in [-0.25, -0.2) is 4.79 Å². The van der Waals surface area contributed by atoms with Crippen molar-refractivity contribution in [2.75, 3.05) is 11.9 Å². The van der Waals surface area contributed by atoms with E-state index in [1.54, 1.807) is 32.0 Å². The maximum Gasteiger partial charge on any atom is 0.325 e. The van der Waals surface area contributed by atoms with Crippen molar-refractivity contribution in [2.24, 2.45) is 0 Å². The van der Waals surface area contributed by atoms with Crippen molar-refractivity contribution in [3.05, 3.63) is 18.2 Å². The first-order chi connectivity index (χ1) is 10.9. The lowest BCUT2D eigenvalue weighted by Crippen LogP contribution is -2.44. The number of imide groups is 1. The molecule has 2 heterocycles. The summed E-state index contributed by atoms with van der Waals surface area (Å²) in [6, 6.07) is 4.69. The molecule has 2 N–H and O–H groups in total. The summed E-state index contributed by atoms with van der Waals surface area (Å²) in [4.78, 5) is 37.3. The highest BCUT2D eigenvalue weighted by Crippen LogP contribution is 2.23. The lowest BCUT2D eigenvalue weighted by Gasteiger charge is -2.19. The summed E-state index contributed by atoms with van der Waals surface area (Å²) >= 11 is 1.05. The molecular weight excluding hydrogens is 318 g/mol. The Kier molecular flexibility index (Phi) is 3.72. The van der Waals surface area contributed by atoms with Gasteiger partial charge >= 0.3 is 6.03 Å². The number of benzene rings is 1. The van der Waals surface area contributed by atoms with E-state index in [0.29, 0.717) is 23.1 Å². The van der Waals surface area contributed by atoms with E-state index >= 15 is 0 Å². The summed E-state index contributed by atoms with van der Waals surface area (Å²) in [7, 11) is 0. The minimum atomic E-state index is -0.948. The predicted octanol–water partition coefficient (Wildman–Crippen LogP) is 1.35. The first-order valence-electron chi connectivity index (χ1n) is 7.10. The fourth-order valence-corrected chi connectivity index (χ4v) is 2.92. The Morgan fingerprint density at radius 3 is 2.87 bits per heavy atom. The van der Waals surface area contributed by atoms with Crippen molar-refractivity contribution in [2.45, 2.75) is 25.8 Å². The third kappa shape index (κ3) is 2.63. The Labute approximate surface area is 136 Å². The molecule has 0 aliphatic carbocycles. The number of rotatable bonds is 4. The Balaban J connectivity index is 1.74. The highest BCUT2D eigenvalue weighted by Gasteiger charge is 2.46. The van der Waals surface area contributed by atoms with Crippen LogP contribution < -0.4 is 10.6 Å². The van der Waals surface area contributed by atoms with Crippen LogP contribution in [0.25, 0.3) is 11.0 Å². The Morgan fingerprint density at radius 1 is 1.39 bits per heavy atom. The van der Waals surface area contributed by atoms with E-state index in [4.69, 9.17) is 0 Å². The van der Waals surface area contributed by atoms with Gasteiger partial charge in [0.2, 0.25) is 5.91 Å². The van der Waals surface area contributed by atoms with E-state index in [1.165, 1.54) is 0 Å². The number of carbonyl (C=O) groups excluding carboxylic acids is 3. The molecule has 0 saturated carbocycles. The molecule has 8 nitrogen and oxygen atoms in total. The zero-order chi connectivity index (χ0) is 16.6. The molecule has 0 unspecified atom stereocenters. The van der Waals surface area contributed by atoms with Crippen molar-refractivity contribution >= 4 is 46.3 Å². The summed E-state index contributed by atoms with van der Waals surface area (Å²) in [5, 5.41) is 5.29. The van der Waals surface area contributed by atoms with Crippen molar-refractivity contribution < 1.29 is 14.4 Å². The molecule has 23 heavy (non-hydrogen) atoms. The second-order valence-corrected chi connectivity index (χ2v) is 6.02. The molecule has 9 heteroatoms. The molecule has 120 valence electrons. The number of amides is 4. The van der Waals surface area contributed by atoms with Crippen molar-refractivity contribution in [3.8, 4) is 0 Å². The molecule has 0 bridgehead atoms. The van der Waals surface area contributed by atoms with E-state index in [2.05, 4.69) is 19.4 Å². The van der Waals surface area contributed by atoms with Crippen LogP contribution in [0.4, 0.5) is 10.5 Å². The van der Waals surface area contributed by atoms with Crippen LogP contribution in [0.1, 0.15) is 20.3 Å². The quantitative estimate of drug-likeness (QED) is 0.822. The van der Waals surface area contributed by atoms with Crippen LogP contribution in [-0.4, -0.2) is 43.6 Å². The third-order valence-corrected chi connectivity index (χ3v) is 4.46. The number of nitrogens with zero attached hydrogens (tertiary/aromatic N) is 3. The molecule has 3 rings (SSSR count). The summed E-state index contributed by atoms with van der Waals surface area (Å²) in [5.41, 5.74) is 0.824. The maximum absolute atomic E-state index is 12.3. The number of hydrogen-bond acceptors (Lipinski definition) is 6. The highest BCUT2D eigenvalue weighted by atomic mass is 32.1. The van der Waals surface area contributed by atoms with Gasteiger partial charge in [0.25, 0.3) is 5.91 Å². The van der Waals surface area contributed by atoms with Crippen LogP contribution in [0.3, 0.4) is 0 Å². The number of urea groups is 1. The zero-order valence-electron chi connectivity index (χ0n) is 12.6. The molecular formula is C14H15N5O3S. The Bertz CT molecular complexity index is 805. The van der Waals surface area contributed by atoms with Crippen molar-refractivity contribution in [3.63, 3.8) is 0 Å². The highest BCUT2D eigenvalue weighted by molar-refractivity contribution is 7.00. The van der Waals surface area contributed by atoms with Crippen LogP contribution in [-0.2, 0) is 9.59 Å². The Hall–Kier alpha value is -2.55. The van der Waals surface area contributed by atoms with Gasteiger partial charge in [-0.2, -0.15) is 8.75 Å². The standard InChI is InChI=1S/C14H15N5O3S/c1-3-14(2)12(21)19(13(22)16-14)7-10(20)15-8-5-4-6-9-11(8)18-23-17-9/h4-6H,3,7H2,1-2H3,(H,15,20)(H,16,22)/t14-/m1/s1. The van der Waals surface area contributed by atoms with Crippen molar-refractivity contribution in [1.82, 2.24) is 19.0 Å². The van der Waals surface area contributed by atoms with E-state index in [-0.39, 0.29) is 6.54 Å². The molecule has 2 aromatic rings. The van der Waals surface area contributed by atoms with Gasteiger partial charge in [0.15, 0.2) is 0 Å². The molecule has 4 amide bonds. The second-order valence-electron chi connectivity index (χ2n) is 5.49. The molecule has 0 radical (unpaired) electrons. The first kappa shape index (κ1) is 15.3. The Morgan fingerprint density at radius 2 is 2.17 bits per heavy atom. The summed E-state index contributed by atoms with van der Waals surface area (Å²) in [5.74, 6) is -0.858. The SMILES string of the molecule is CC[C@@]1(C)NC(=O)N(CC(=O)Nc2cccc3nsnc23)C1=O. The van der Waals surface area contributed by atoms with Crippen molar-refractivity contribution in [1.29, 1.82) is 0 Å². The molecule has 1 aromatic carbocycles. The van der Waals surface area contributed by atoms with Gasteiger partial charge in [-0.05, 0) is 25.5 Å². The normalized spacial score (nSPS) is 20.9. The van der Waals surface area contributed by atoms with Gasteiger partial charge in [0.1, 0.15) is 23.1 Å². The fraction of sp³-hybridized carbons (Fsp3) is 0.357. The van der Waals surface area contributed by atoms with Crippen LogP contribution in [0, 0.1) is 0 Å². The van der Waals surface area contributed by atoms with Gasteiger partial charge in [-0.15, -0.1) is 0 Å². The van der Waals surface area contributed by atoms with Crippen LogP contribution in [0.2, 0.25) is 0 Å². The zero-order valence-corrected chi connectivity index (χ0v) is 13.4. The summed E-state index contributed by atoms with van der Waals surface area (Å²) < 4.78 is 8.22. The fourth-order valence-electron chi connectivity index (χ4n) is 2.37. The van der Waals surface area contributed by atoms with Gasteiger partial charge in [-0.1, -0.05) is 13.0 Å². The number of fused-ring (bicyclic) bond motifs is 1. The molecule has 1 aliphatic rings. The smallest absolute Gasteiger partial charge is 0.323 e. The topological polar surface area (TPSA) is 104 Å². The average Bonchev–Trinajstić information content (AvgIpc) is 3.08. The van der Waals surface area contributed by atoms with Crippen LogP contribution >= 0.6 is 11.7 Å². The van der Waals surface area contributed by atoms with Gasteiger partial charge in [-0.3, -0.25) is 14.5 Å². The second kappa shape index (κ2) is 5.58. The molecule has 1 aromatic heterocycles. The molecule has 0 spiro atoms. The number of carbonyl (C=O) groups is 3. The van der Waals surface area contributed by atoms with E-state index in [9.17, 15) is 14.4 Å². The van der Waals surface area contributed by atoms with Gasteiger partial charge in [0, 0.05) is 0 Å². The number of nitrogens with one attached hydrogen (secondary N) is 2. The summed E-state index contributed by atoms with van der Waals surface area (Å²) in [6.07, 6.45) is 0.458. The van der Waals surface area contributed by atoms with E-state index in [1.807, 2.05) is 0 Å². The van der Waals surface area contributed by atoms with E-state index < -0.39 is 23.4 Å². The number of hydrogen-bond donors (Lipinski definition) is 2. The molecule has 1 saturated heterocycles. The lowest BCUT2D eigenvalue weighted by molar-refractivity contribution is -0.133. The third-order valence-electron chi connectivity index (χ3n) is 3.91. The average molecular weight is 333 g/mol.